The fraction of sp³-hybridized carbons (Fsp3) is 0.263. The first-order chi connectivity index (χ1) is 13.4. The van der Waals surface area contributed by atoms with Gasteiger partial charge in [-0.05, 0) is 17.7 Å². The van der Waals surface area contributed by atoms with Crippen LogP contribution in [-0.2, 0) is 21.1 Å². The van der Waals surface area contributed by atoms with Gasteiger partial charge in [0.2, 0.25) is 5.91 Å². The van der Waals surface area contributed by atoms with Crippen LogP contribution in [-0.4, -0.2) is 38.3 Å². The molecule has 0 unspecified atom stereocenters. The van der Waals surface area contributed by atoms with Crippen LogP contribution in [0.2, 0.25) is 0 Å². The highest BCUT2D eigenvalue weighted by molar-refractivity contribution is 7.91. The Labute approximate surface area is 166 Å². The van der Waals surface area contributed by atoms with Crippen molar-refractivity contribution in [1.29, 1.82) is 0 Å². The molecular formula is C19H18N2O5S2. The lowest BCUT2D eigenvalue weighted by Crippen LogP contribution is -2.15. The van der Waals surface area contributed by atoms with Gasteiger partial charge < -0.3 is 14.8 Å². The molecule has 0 fully saturated rings. The second-order valence-corrected chi connectivity index (χ2v) is 9.56. The van der Waals surface area contributed by atoms with E-state index >= 15 is 0 Å². The first kappa shape index (κ1) is 18.7. The minimum Gasteiger partial charge on any atom is -0.486 e. The standard InChI is InChI=1S/C19H18N2O5S2/c1-2-28(23,24)13-5-3-12(4-6-13)9-18(22)21-19-20-14-10-15-16(11-17(14)27-19)26-8-7-25-15/h3-6,10-11H,2,7-9H2,1H3,(H,20,21,22). The lowest BCUT2D eigenvalue weighted by molar-refractivity contribution is -0.115. The highest BCUT2D eigenvalue weighted by atomic mass is 32.2. The quantitative estimate of drug-likeness (QED) is 0.684. The van der Waals surface area contributed by atoms with Gasteiger partial charge >= 0.3 is 0 Å². The molecule has 0 bridgehead atoms. The Morgan fingerprint density at radius 3 is 2.50 bits per heavy atom. The van der Waals surface area contributed by atoms with Crippen molar-refractivity contribution in [2.45, 2.75) is 18.2 Å². The number of hydrogen-bond acceptors (Lipinski definition) is 7. The number of carbonyl (C=O) groups excluding carboxylic acids is 1. The van der Waals surface area contributed by atoms with Gasteiger partial charge in [-0.1, -0.05) is 30.4 Å². The number of ether oxygens (including phenoxy) is 2. The molecule has 146 valence electrons. The summed E-state index contributed by atoms with van der Waals surface area (Å²) in [5, 5.41) is 3.29. The molecule has 1 amide bonds. The first-order valence-corrected chi connectivity index (χ1v) is 11.2. The summed E-state index contributed by atoms with van der Waals surface area (Å²) < 4.78 is 35.7. The molecule has 7 nitrogen and oxygen atoms in total. The molecule has 1 aromatic heterocycles. The Balaban J connectivity index is 1.46. The number of thiazole rings is 1. The van der Waals surface area contributed by atoms with Gasteiger partial charge in [0.15, 0.2) is 26.5 Å². The molecule has 0 aliphatic carbocycles. The average Bonchev–Trinajstić information content (AvgIpc) is 3.07. The van der Waals surface area contributed by atoms with Crippen molar-refractivity contribution in [3.05, 3.63) is 42.0 Å². The number of aromatic nitrogens is 1. The van der Waals surface area contributed by atoms with E-state index in [1.165, 1.54) is 23.5 Å². The van der Waals surface area contributed by atoms with Crippen molar-refractivity contribution in [2.24, 2.45) is 0 Å². The zero-order chi connectivity index (χ0) is 19.7. The molecule has 28 heavy (non-hydrogen) atoms. The Morgan fingerprint density at radius 1 is 1.14 bits per heavy atom. The third-order valence-electron chi connectivity index (χ3n) is 4.33. The monoisotopic (exact) mass is 418 g/mol. The second-order valence-electron chi connectivity index (χ2n) is 6.25. The van der Waals surface area contributed by atoms with Gasteiger partial charge in [0.1, 0.15) is 13.2 Å². The maximum Gasteiger partial charge on any atom is 0.230 e. The van der Waals surface area contributed by atoms with Crippen LogP contribution in [0.4, 0.5) is 5.13 Å². The largest absolute Gasteiger partial charge is 0.486 e. The zero-order valence-electron chi connectivity index (χ0n) is 15.1. The van der Waals surface area contributed by atoms with Crippen LogP contribution in [0.5, 0.6) is 11.5 Å². The summed E-state index contributed by atoms with van der Waals surface area (Å²) >= 11 is 1.36. The van der Waals surface area contributed by atoms with E-state index in [0.29, 0.717) is 29.8 Å². The molecule has 0 radical (unpaired) electrons. The highest BCUT2D eigenvalue weighted by Gasteiger charge is 2.16. The van der Waals surface area contributed by atoms with Crippen LogP contribution in [0.25, 0.3) is 10.2 Å². The fourth-order valence-electron chi connectivity index (χ4n) is 2.85. The van der Waals surface area contributed by atoms with Crippen LogP contribution in [0.1, 0.15) is 12.5 Å². The van der Waals surface area contributed by atoms with E-state index in [1.54, 1.807) is 19.1 Å². The molecule has 3 aromatic rings. The van der Waals surface area contributed by atoms with Crippen molar-refractivity contribution in [3.8, 4) is 11.5 Å². The lowest BCUT2D eigenvalue weighted by Gasteiger charge is -2.17. The van der Waals surface area contributed by atoms with Gasteiger partial charge in [-0.3, -0.25) is 4.79 Å². The fourth-order valence-corrected chi connectivity index (χ4v) is 4.62. The van der Waals surface area contributed by atoms with Gasteiger partial charge in [-0.25, -0.2) is 13.4 Å². The van der Waals surface area contributed by atoms with Gasteiger partial charge in [0.05, 0.1) is 27.3 Å². The van der Waals surface area contributed by atoms with Gasteiger partial charge in [0.25, 0.3) is 0 Å². The summed E-state index contributed by atoms with van der Waals surface area (Å²) in [5.41, 5.74) is 1.46. The summed E-state index contributed by atoms with van der Waals surface area (Å²) in [6, 6.07) is 10.0. The van der Waals surface area contributed by atoms with Crippen molar-refractivity contribution in [3.63, 3.8) is 0 Å². The van der Waals surface area contributed by atoms with Crippen LogP contribution < -0.4 is 14.8 Å². The number of amides is 1. The molecular weight excluding hydrogens is 400 g/mol. The number of benzene rings is 2. The number of sulfone groups is 1. The van der Waals surface area contributed by atoms with E-state index in [2.05, 4.69) is 10.3 Å². The minimum absolute atomic E-state index is 0.0456. The number of nitrogens with zero attached hydrogens (tertiary/aromatic N) is 1. The van der Waals surface area contributed by atoms with Gasteiger partial charge in [0, 0.05) is 12.1 Å². The van der Waals surface area contributed by atoms with Crippen LogP contribution in [0.15, 0.2) is 41.3 Å². The summed E-state index contributed by atoms with van der Waals surface area (Å²) in [7, 11) is -3.24. The van der Waals surface area contributed by atoms with E-state index in [4.69, 9.17) is 9.47 Å². The molecule has 1 N–H and O–H groups in total. The molecule has 0 saturated carbocycles. The number of carbonyl (C=O) groups is 1. The van der Waals surface area contributed by atoms with Crippen molar-refractivity contribution < 1.29 is 22.7 Å². The zero-order valence-corrected chi connectivity index (χ0v) is 16.7. The predicted molar refractivity (Wildman–Crippen MR) is 107 cm³/mol. The van der Waals surface area contributed by atoms with Crippen LogP contribution in [0, 0.1) is 0 Å². The molecule has 1 aliphatic rings. The van der Waals surface area contributed by atoms with Gasteiger partial charge in [-0.2, -0.15) is 0 Å². The molecule has 0 saturated heterocycles. The molecule has 1 aliphatic heterocycles. The van der Waals surface area contributed by atoms with Crippen LogP contribution >= 0.6 is 11.3 Å². The molecule has 0 atom stereocenters. The Hall–Kier alpha value is -2.65. The topological polar surface area (TPSA) is 94.6 Å². The molecule has 9 heteroatoms. The van der Waals surface area contributed by atoms with Crippen LogP contribution in [0.3, 0.4) is 0 Å². The molecule has 2 heterocycles. The Morgan fingerprint density at radius 2 is 1.82 bits per heavy atom. The molecule has 2 aromatic carbocycles. The molecule has 0 spiro atoms. The summed E-state index contributed by atoms with van der Waals surface area (Å²) in [4.78, 5) is 17.0. The lowest BCUT2D eigenvalue weighted by atomic mass is 10.1. The number of fused-ring (bicyclic) bond motifs is 2. The minimum atomic E-state index is -3.24. The summed E-state index contributed by atoms with van der Waals surface area (Å²) in [6.45, 7) is 2.62. The smallest absolute Gasteiger partial charge is 0.230 e. The van der Waals surface area contributed by atoms with E-state index in [1.807, 2.05) is 12.1 Å². The van der Waals surface area contributed by atoms with E-state index < -0.39 is 9.84 Å². The second kappa shape index (κ2) is 7.40. The van der Waals surface area contributed by atoms with Crippen molar-refractivity contribution >= 4 is 42.4 Å². The maximum atomic E-state index is 12.3. The third kappa shape index (κ3) is 3.81. The number of hydrogen-bond donors (Lipinski definition) is 1. The number of nitrogens with one attached hydrogen (secondary N) is 1. The molecule has 4 rings (SSSR count). The summed E-state index contributed by atoms with van der Waals surface area (Å²) in [5.74, 6) is 1.16. The van der Waals surface area contributed by atoms with Crippen molar-refractivity contribution in [2.75, 3.05) is 24.3 Å². The average molecular weight is 418 g/mol. The normalized spacial score (nSPS) is 13.5. The highest BCUT2D eigenvalue weighted by Crippen LogP contribution is 2.37. The number of rotatable bonds is 5. The number of anilines is 1. The first-order valence-electron chi connectivity index (χ1n) is 8.76. The van der Waals surface area contributed by atoms with E-state index in [-0.39, 0.29) is 23.0 Å². The van der Waals surface area contributed by atoms with E-state index in [0.717, 1.165) is 15.8 Å². The SMILES string of the molecule is CCS(=O)(=O)c1ccc(CC(=O)Nc2nc3cc4c(cc3s2)OCCO4)cc1. The predicted octanol–water partition coefficient (Wildman–Crippen LogP) is 3.04. The Kier molecular flexibility index (Phi) is 4.94. The van der Waals surface area contributed by atoms with Gasteiger partial charge in [-0.15, -0.1) is 0 Å². The maximum absolute atomic E-state index is 12.3. The van der Waals surface area contributed by atoms with Crippen molar-refractivity contribution in [1.82, 2.24) is 4.98 Å². The third-order valence-corrected chi connectivity index (χ3v) is 7.01. The Bertz CT molecular complexity index is 1090. The summed E-state index contributed by atoms with van der Waals surface area (Å²) in [6.07, 6.45) is 0.130. The van der Waals surface area contributed by atoms with E-state index in [9.17, 15) is 13.2 Å².